The van der Waals surface area contributed by atoms with Gasteiger partial charge in [-0.25, -0.2) is 0 Å². The van der Waals surface area contributed by atoms with E-state index >= 15 is 0 Å². The smallest absolute Gasteiger partial charge is 0.191 e. The van der Waals surface area contributed by atoms with Crippen LogP contribution in [0.4, 0.5) is 0 Å². The molecule has 1 aromatic rings. The van der Waals surface area contributed by atoms with E-state index in [4.69, 9.17) is 5.73 Å². The van der Waals surface area contributed by atoms with Gasteiger partial charge in [-0.2, -0.15) is 0 Å². The molecule has 1 fully saturated rings. The van der Waals surface area contributed by atoms with Gasteiger partial charge >= 0.3 is 0 Å². The molecule has 0 bridgehead atoms. The SMILES string of the molecule is NC1=NCC(C2CCC2)N1Cc1cccs1. The molecule has 3 nitrogen and oxygen atoms in total. The Balaban J connectivity index is 1.72. The molecule has 2 aliphatic rings. The topological polar surface area (TPSA) is 41.6 Å². The van der Waals surface area contributed by atoms with Gasteiger partial charge in [0.2, 0.25) is 0 Å². The van der Waals surface area contributed by atoms with Gasteiger partial charge in [-0.15, -0.1) is 11.3 Å². The molecule has 3 rings (SSSR count). The summed E-state index contributed by atoms with van der Waals surface area (Å²) >= 11 is 1.80. The van der Waals surface area contributed by atoms with Crippen molar-refractivity contribution < 1.29 is 0 Å². The Kier molecular flexibility index (Phi) is 2.59. The summed E-state index contributed by atoms with van der Waals surface area (Å²) in [6.07, 6.45) is 4.09. The maximum Gasteiger partial charge on any atom is 0.191 e. The summed E-state index contributed by atoms with van der Waals surface area (Å²) in [5.74, 6) is 1.56. The fourth-order valence-corrected chi connectivity index (χ4v) is 3.25. The molecular formula is C12H17N3S. The third-order valence-electron chi connectivity index (χ3n) is 3.74. The zero-order chi connectivity index (χ0) is 11.0. The Morgan fingerprint density at radius 2 is 2.38 bits per heavy atom. The van der Waals surface area contributed by atoms with Crippen molar-refractivity contribution in [1.29, 1.82) is 0 Å². The molecule has 1 atom stereocenters. The van der Waals surface area contributed by atoms with E-state index in [1.54, 1.807) is 11.3 Å². The number of hydrogen-bond donors (Lipinski definition) is 1. The summed E-state index contributed by atoms with van der Waals surface area (Å²) < 4.78 is 0. The largest absolute Gasteiger partial charge is 0.370 e. The lowest BCUT2D eigenvalue weighted by Gasteiger charge is -2.37. The van der Waals surface area contributed by atoms with E-state index in [1.807, 2.05) is 0 Å². The van der Waals surface area contributed by atoms with Crippen molar-refractivity contribution in [1.82, 2.24) is 4.90 Å². The van der Waals surface area contributed by atoms with Gasteiger partial charge in [0.05, 0.1) is 19.1 Å². The van der Waals surface area contributed by atoms with Crippen molar-refractivity contribution in [3.05, 3.63) is 22.4 Å². The van der Waals surface area contributed by atoms with Crippen LogP contribution in [0.15, 0.2) is 22.5 Å². The number of nitrogens with two attached hydrogens (primary N) is 1. The number of rotatable bonds is 3. The van der Waals surface area contributed by atoms with Gasteiger partial charge in [-0.05, 0) is 30.2 Å². The average molecular weight is 235 g/mol. The van der Waals surface area contributed by atoms with E-state index in [2.05, 4.69) is 27.4 Å². The number of hydrogen-bond acceptors (Lipinski definition) is 4. The van der Waals surface area contributed by atoms with Crippen LogP contribution in [0.5, 0.6) is 0 Å². The summed E-state index contributed by atoms with van der Waals surface area (Å²) in [5.41, 5.74) is 5.98. The lowest BCUT2D eigenvalue weighted by Crippen LogP contribution is -2.45. The number of thiophene rings is 1. The van der Waals surface area contributed by atoms with Crippen LogP contribution in [0, 0.1) is 5.92 Å². The highest BCUT2D eigenvalue weighted by Crippen LogP contribution is 2.34. The van der Waals surface area contributed by atoms with Crippen LogP contribution in [0.25, 0.3) is 0 Å². The minimum absolute atomic E-state index is 0.566. The Morgan fingerprint density at radius 1 is 1.50 bits per heavy atom. The van der Waals surface area contributed by atoms with E-state index in [1.165, 1.54) is 24.1 Å². The highest BCUT2D eigenvalue weighted by atomic mass is 32.1. The quantitative estimate of drug-likeness (QED) is 0.871. The summed E-state index contributed by atoms with van der Waals surface area (Å²) in [6, 6.07) is 4.84. The van der Waals surface area contributed by atoms with Gasteiger partial charge < -0.3 is 10.6 Å². The van der Waals surface area contributed by atoms with Crippen molar-refractivity contribution in [2.75, 3.05) is 6.54 Å². The monoisotopic (exact) mass is 235 g/mol. The molecule has 0 amide bonds. The van der Waals surface area contributed by atoms with Gasteiger partial charge in [0.1, 0.15) is 0 Å². The molecule has 2 N–H and O–H groups in total. The minimum Gasteiger partial charge on any atom is -0.370 e. The Bertz CT molecular complexity index is 381. The third-order valence-corrected chi connectivity index (χ3v) is 4.60. The van der Waals surface area contributed by atoms with Crippen LogP contribution in [0.1, 0.15) is 24.1 Å². The maximum atomic E-state index is 5.98. The Labute approximate surface area is 100.0 Å². The first kappa shape index (κ1) is 10.1. The molecule has 4 heteroatoms. The molecular weight excluding hydrogens is 218 g/mol. The fraction of sp³-hybridized carbons (Fsp3) is 0.583. The number of nitrogens with zero attached hydrogens (tertiary/aromatic N) is 2. The van der Waals surface area contributed by atoms with Gasteiger partial charge in [0.15, 0.2) is 5.96 Å². The molecule has 86 valence electrons. The number of guanidine groups is 1. The van der Waals surface area contributed by atoms with Crippen molar-refractivity contribution >= 4 is 17.3 Å². The van der Waals surface area contributed by atoms with Crippen LogP contribution in [-0.2, 0) is 6.54 Å². The predicted octanol–water partition coefficient (Wildman–Crippen LogP) is 2.05. The van der Waals surface area contributed by atoms with Crippen LogP contribution < -0.4 is 5.73 Å². The second-order valence-corrected chi connectivity index (χ2v) is 5.70. The van der Waals surface area contributed by atoms with Crippen LogP contribution in [0.2, 0.25) is 0 Å². The van der Waals surface area contributed by atoms with E-state index < -0.39 is 0 Å². The van der Waals surface area contributed by atoms with E-state index in [-0.39, 0.29) is 0 Å². The first-order valence-corrected chi connectivity index (χ1v) is 6.81. The maximum absolute atomic E-state index is 5.98. The standard InChI is InChI=1S/C12H17N3S/c13-12-14-7-11(9-3-1-4-9)15(12)8-10-5-2-6-16-10/h2,5-6,9,11H,1,3-4,7-8H2,(H2,13,14). The minimum atomic E-state index is 0.566. The molecule has 1 unspecified atom stereocenters. The zero-order valence-corrected chi connectivity index (χ0v) is 10.1. The van der Waals surface area contributed by atoms with Gasteiger partial charge in [-0.3, -0.25) is 4.99 Å². The van der Waals surface area contributed by atoms with Crippen LogP contribution >= 0.6 is 11.3 Å². The van der Waals surface area contributed by atoms with Crippen molar-refractivity contribution in [3.8, 4) is 0 Å². The molecule has 1 aromatic heterocycles. The molecule has 0 spiro atoms. The van der Waals surface area contributed by atoms with Crippen molar-refractivity contribution in [3.63, 3.8) is 0 Å². The second-order valence-electron chi connectivity index (χ2n) is 4.66. The molecule has 0 saturated heterocycles. The fourth-order valence-electron chi connectivity index (χ4n) is 2.54. The van der Waals surface area contributed by atoms with E-state index in [9.17, 15) is 0 Å². The molecule has 1 aliphatic carbocycles. The summed E-state index contributed by atoms with van der Waals surface area (Å²) in [4.78, 5) is 8.09. The Morgan fingerprint density at radius 3 is 3.00 bits per heavy atom. The molecule has 16 heavy (non-hydrogen) atoms. The van der Waals surface area contributed by atoms with Crippen molar-refractivity contribution in [2.24, 2.45) is 16.6 Å². The van der Waals surface area contributed by atoms with Crippen molar-refractivity contribution in [2.45, 2.75) is 31.8 Å². The molecule has 1 aliphatic heterocycles. The first-order valence-electron chi connectivity index (χ1n) is 5.93. The molecule has 0 aromatic carbocycles. The second kappa shape index (κ2) is 4.09. The highest BCUT2D eigenvalue weighted by Gasteiger charge is 2.35. The van der Waals surface area contributed by atoms with Gasteiger partial charge in [-0.1, -0.05) is 12.5 Å². The summed E-state index contributed by atoms with van der Waals surface area (Å²) in [6.45, 7) is 1.84. The van der Waals surface area contributed by atoms with Gasteiger partial charge in [0, 0.05) is 4.88 Å². The average Bonchev–Trinajstić information content (AvgIpc) is 2.80. The molecule has 1 saturated carbocycles. The lowest BCUT2D eigenvalue weighted by molar-refractivity contribution is 0.167. The zero-order valence-electron chi connectivity index (χ0n) is 9.30. The normalized spacial score (nSPS) is 25.6. The first-order chi connectivity index (χ1) is 7.84. The molecule has 2 heterocycles. The number of aliphatic imine (C=N–C) groups is 1. The van der Waals surface area contributed by atoms with Crippen LogP contribution in [-0.4, -0.2) is 23.4 Å². The summed E-state index contributed by atoms with van der Waals surface area (Å²) in [5, 5.41) is 2.12. The van der Waals surface area contributed by atoms with Gasteiger partial charge in [0.25, 0.3) is 0 Å². The third kappa shape index (κ3) is 1.71. The Hall–Kier alpha value is -1.03. The van der Waals surface area contributed by atoms with Crippen LogP contribution in [0.3, 0.4) is 0 Å². The predicted molar refractivity (Wildman–Crippen MR) is 67.5 cm³/mol. The molecule has 0 radical (unpaired) electrons. The summed E-state index contributed by atoms with van der Waals surface area (Å²) in [7, 11) is 0. The van der Waals surface area contributed by atoms with E-state index in [0.29, 0.717) is 6.04 Å². The van der Waals surface area contributed by atoms with E-state index in [0.717, 1.165) is 25.0 Å². The lowest BCUT2D eigenvalue weighted by atomic mass is 9.79. The highest BCUT2D eigenvalue weighted by molar-refractivity contribution is 7.09.